The Morgan fingerprint density at radius 3 is 2.93 bits per heavy atom. The third kappa shape index (κ3) is 3.59. The van der Waals surface area contributed by atoms with Gasteiger partial charge in [-0.15, -0.1) is 6.58 Å². The summed E-state index contributed by atoms with van der Waals surface area (Å²) in [5, 5.41) is 2.40. The van der Waals surface area contributed by atoms with Crippen molar-refractivity contribution in [3.63, 3.8) is 0 Å². The Morgan fingerprint density at radius 1 is 1.53 bits per heavy atom. The molecule has 0 atom stereocenters. The van der Waals surface area contributed by atoms with Crippen molar-refractivity contribution in [3.05, 3.63) is 42.5 Å². The van der Waals surface area contributed by atoms with Crippen molar-refractivity contribution in [2.45, 2.75) is 4.90 Å². The highest BCUT2D eigenvalue weighted by Gasteiger charge is 2.07. The van der Waals surface area contributed by atoms with E-state index in [0.29, 0.717) is 17.0 Å². The van der Waals surface area contributed by atoms with Gasteiger partial charge in [-0.3, -0.25) is 9.59 Å². The lowest BCUT2D eigenvalue weighted by molar-refractivity contribution is 0.261. The minimum atomic E-state index is -0.211. The summed E-state index contributed by atoms with van der Waals surface area (Å²) in [4.78, 5) is 22.5. The van der Waals surface area contributed by atoms with Crippen LogP contribution in [0.4, 0.5) is 4.79 Å². The summed E-state index contributed by atoms with van der Waals surface area (Å²) in [7, 11) is 0. The molecule has 1 N–H and O–H groups in total. The highest BCUT2D eigenvalue weighted by molar-refractivity contribution is 8.13. The van der Waals surface area contributed by atoms with Gasteiger partial charge < -0.3 is 5.32 Å². The lowest BCUT2D eigenvalue weighted by atomic mass is 10.2. The molecule has 0 spiro atoms. The Hall–Kier alpha value is -1.55. The zero-order chi connectivity index (χ0) is 11.1. The number of amides is 1. The predicted molar refractivity (Wildman–Crippen MR) is 60.7 cm³/mol. The molecule has 1 radical (unpaired) electrons. The molecule has 15 heavy (non-hydrogen) atoms. The van der Waals surface area contributed by atoms with Crippen LogP contribution in [0.25, 0.3) is 0 Å². The number of carbonyl (C=O) groups excluding carboxylic acids is 2. The molecule has 77 valence electrons. The molecule has 1 amide bonds. The van der Waals surface area contributed by atoms with Crippen LogP contribution >= 0.6 is 11.8 Å². The first-order valence-corrected chi connectivity index (χ1v) is 5.13. The average molecular weight is 220 g/mol. The van der Waals surface area contributed by atoms with Gasteiger partial charge in [-0.2, -0.15) is 0 Å². The van der Waals surface area contributed by atoms with Gasteiger partial charge in [-0.05, 0) is 23.9 Å². The molecule has 1 aromatic rings. The standard InChI is InChI=1S/C11H10NO2S/c1-2-7-12-11(14)15-10-6-4-3-5-9(10)8-13/h2-6H,1,7H2,(H,12,14). The molecule has 0 heterocycles. The first-order valence-electron chi connectivity index (χ1n) is 4.31. The number of carbonyl (C=O) groups is 1. The van der Waals surface area contributed by atoms with Crippen molar-refractivity contribution < 1.29 is 9.59 Å². The summed E-state index contributed by atoms with van der Waals surface area (Å²) >= 11 is 0.974. The lowest BCUT2D eigenvalue weighted by Gasteiger charge is -2.03. The SMILES string of the molecule is C=CCNC(=O)Sc1ccccc1[C]=O. The lowest BCUT2D eigenvalue weighted by Crippen LogP contribution is -2.18. The Labute approximate surface area is 92.6 Å². The van der Waals surface area contributed by atoms with Crippen molar-refractivity contribution in [2.24, 2.45) is 0 Å². The Balaban J connectivity index is 2.67. The Bertz CT molecular complexity index is 377. The second-order valence-electron chi connectivity index (χ2n) is 2.66. The molecule has 0 aliphatic carbocycles. The summed E-state index contributed by atoms with van der Waals surface area (Å²) in [6, 6.07) is 6.82. The maximum atomic E-state index is 11.3. The van der Waals surface area contributed by atoms with Gasteiger partial charge in [0.15, 0.2) is 0 Å². The first-order chi connectivity index (χ1) is 7.27. The van der Waals surface area contributed by atoms with Gasteiger partial charge >= 0.3 is 0 Å². The number of benzene rings is 1. The van der Waals surface area contributed by atoms with E-state index in [9.17, 15) is 9.59 Å². The van der Waals surface area contributed by atoms with Crippen LogP contribution in [0.3, 0.4) is 0 Å². The minimum absolute atomic E-state index is 0.211. The normalized spacial score (nSPS) is 9.33. The third-order valence-electron chi connectivity index (χ3n) is 1.59. The Morgan fingerprint density at radius 2 is 2.27 bits per heavy atom. The molecular weight excluding hydrogens is 210 g/mol. The summed E-state index contributed by atoms with van der Waals surface area (Å²) in [5.41, 5.74) is 0.399. The van der Waals surface area contributed by atoms with Crippen LogP contribution in [-0.2, 0) is 4.79 Å². The summed E-state index contributed by atoms with van der Waals surface area (Å²) < 4.78 is 0. The van der Waals surface area contributed by atoms with Crippen LogP contribution in [-0.4, -0.2) is 18.1 Å². The average Bonchev–Trinajstić information content (AvgIpc) is 2.27. The van der Waals surface area contributed by atoms with E-state index in [2.05, 4.69) is 11.9 Å². The van der Waals surface area contributed by atoms with Gasteiger partial charge in [0.1, 0.15) is 0 Å². The second-order valence-corrected chi connectivity index (χ2v) is 3.67. The van der Waals surface area contributed by atoms with E-state index >= 15 is 0 Å². The van der Waals surface area contributed by atoms with Gasteiger partial charge in [0.05, 0.1) is 0 Å². The molecule has 0 saturated carbocycles. The van der Waals surface area contributed by atoms with Crippen LogP contribution < -0.4 is 5.32 Å². The molecule has 0 unspecified atom stereocenters. The fourth-order valence-corrected chi connectivity index (χ4v) is 1.65. The van der Waals surface area contributed by atoms with E-state index in [4.69, 9.17) is 0 Å². The van der Waals surface area contributed by atoms with Gasteiger partial charge in [-0.1, -0.05) is 18.2 Å². The number of nitrogens with one attached hydrogen (secondary N) is 1. The van der Waals surface area contributed by atoms with Crippen molar-refractivity contribution in [1.82, 2.24) is 5.32 Å². The molecule has 0 aliphatic heterocycles. The van der Waals surface area contributed by atoms with Gasteiger partial charge in [0.2, 0.25) is 6.29 Å². The van der Waals surface area contributed by atoms with Crippen LogP contribution in [0.5, 0.6) is 0 Å². The van der Waals surface area contributed by atoms with Gasteiger partial charge in [0.25, 0.3) is 5.24 Å². The highest BCUT2D eigenvalue weighted by atomic mass is 32.2. The van der Waals surface area contributed by atoms with Crippen molar-refractivity contribution in [2.75, 3.05) is 6.54 Å². The van der Waals surface area contributed by atoms with Crippen molar-refractivity contribution >= 4 is 23.3 Å². The van der Waals surface area contributed by atoms with Crippen molar-refractivity contribution in [3.8, 4) is 0 Å². The minimum Gasteiger partial charge on any atom is -0.343 e. The largest absolute Gasteiger partial charge is 0.343 e. The summed E-state index contributed by atoms with van der Waals surface area (Å²) in [5.74, 6) is 0. The molecule has 1 aromatic carbocycles. The van der Waals surface area contributed by atoms with Crippen LogP contribution in [0, 0.1) is 0 Å². The van der Waals surface area contributed by atoms with E-state index < -0.39 is 0 Å². The van der Waals surface area contributed by atoms with Crippen molar-refractivity contribution in [1.29, 1.82) is 0 Å². The number of hydrogen-bond donors (Lipinski definition) is 1. The van der Waals surface area contributed by atoms with Gasteiger partial charge in [0, 0.05) is 17.0 Å². The smallest absolute Gasteiger partial charge is 0.284 e. The summed E-state index contributed by atoms with van der Waals surface area (Å²) in [6.45, 7) is 3.90. The fraction of sp³-hybridized carbons (Fsp3) is 0.0909. The number of hydrogen-bond acceptors (Lipinski definition) is 3. The topological polar surface area (TPSA) is 46.2 Å². The van der Waals surface area contributed by atoms with E-state index in [-0.39, 0.29) is 5.24 Å². The Kier molecular flexibility index (Phi) is 4.63. The maximum absolute atomic E-state index is 11.3. The molecule has 0 aromatic heterocycles. The molecule has 0 saturated heterocycles. The highest BCUT2D eigenvalue weighted by Crippen LogP contribution is 2.21. The zero-order valence-electron chi connectivity index (χ0n) is 8.03. The molecule has 4 heteroatoms. The molecule has 0 bridgehead atoms. The van der Waals surface area contributed by atoms with Crippen LogP contribution in [0.1, 0.15) is 5.56 Å². The van der Waals surface area contributed by atoms with E-state index in [1.165, 1.54) is 0 Å². The predicted octanol–water partition coefficient (Wildman–Crippen LogP) is 2.13. The monoisotopic (exact) mass is 220 g/mol. The molecular formula is C11H10NO2S. The number of thioether (sulfide) groups is 1. The maximum Gasteiger partial charge on any atom is 0.284 e. The van der Waals surface area contributed by atoms with E-state index in [1.54, 1.807) is 36.6 Å². The van der Waals surface area contributed by atoms with Crippen LogP contribution in [0.15, 0.2) is 41.8 Å². The van der Waals surface area contributed by atoms with Gasteiger partial charge in [-0.25, -0.2) is 0 Å². The summed E-state index contributed by atoms with van der Waals surface area (Å²) in [6.07, 6.45) is 3.38. The third-order valence-corrected chi connectivity index (χ3v) is 2.50. The zero-order valence-corrected chi connectivity index (χ0v) is 8.84. The van der Waals surface area contributed by atoms with Crippen LogP contribution in [0.2, 0.25) is 0 Å². The molecule has 0 fully saturated rings. The fourth-order valence-electron chi connectivity index (χ4n) is 0.931. The van der Waals surface area contributed by atoms with E-state index in [1.807, 2.05) is 0 Å². The van der Waals surface area contributed by atoms with E-state index in [0.717, 1.165) is 11.8 Å². The second kappa shape index (κ2) is 6.03. The first kappa shape index (κ1) is 11.5. The molecule has 1 rings (SSSR count). The molecule has 3 nitrogen and oxygen atoms in total. The quantitative estimate of drug-likeness (QED) is 0.624. The molecule has 0 aliphatic rings. The number of rotatable bonds is 4.